The minimum atomic E-state index is -0.0361. The van der Waals surface area contributed by atoms with Gasteiger partial charge in [0.2, 0.25) is 5.88 Å². The van der Waals surface area contributed by atoms with Crippen LogP contribution in [0, 0.1) is 6.92 Å². The number of carbonyl (C=O) groups excluding carboxylic acids is 1. The Balaban J connectivity index is 2.49. The summed E-state index contributed by atoms with van der Waals surface area (Å²) in [6, 6.07) is 7.87. The van der Waals surface area contributed by atoms with E-state index in [-0.39, 0.29) is 5.41 Å². The topological polar surface area (TPSA) is 44.1 Å². The van der Waals surface area contributed by atoms with E-state index >= 15 is 0 Å². The van der Waals surface area contributed by atoms with Crippen LogP contribution >= 0.6 is 0 Å². The van der Waals surface area contributed by atoms with Gasteiger partial charge in [0.05, 0.1) is 11.3 Å². The molecule has 0 aliphatic rings. The summed E-state index contributed by atoms with van der Waals surface area (Å²) in [4.78, 5) is 11.2. The summed E-state index contributed by atoms with van der Waals surface area (Å²) in [6.45, 7) is 8.19. The molecule has 1 aromatic heterocycles. The summed E-state index contributed by atoms with van der Waals surface area (Å²) in [5, 5.41) is 4.23. The molecular weight excluding hydrogens is 252 g/mol. The summed E-state index contributed by atoms with van der Waals surface area (Å²) in [5.41, 5.74) is 2.23. The predicted octanol–water partition coefficient (Wildman–Crippen LogP) is 3.63. The van der Waals surface area contributed by atoms with Gasteiger partial charge in [-0.05, 0) is 18.4 Å². The minimum Gasteiger partial charge on any atom is -0.438 e. The molecule has 1 aromatic carbocycles. The zero-order valence-corrected chi connectivity index (χ0v) is 12.6. The van der Waals surface area contributed by atoms with Crippen molar-refractivity contribution in [3.63, 3.8) is 0 Å². The minimum absolute atomic E-state index is 0.0361. The molecule has 20 heavy (non-hydrogen) atoms. The fraction of sp³-hybridized carbons (Fsp3) is 0.375. The van der Waals surface area contributed by atoms with Crippen LogP contribution in [0.4, 0.5) is 0 Å². The number of hydrogen-bond donors (Lipinski definition) is 0. The van der Waals surface area contributed by atoms with E-state index in [1.807, 2.05) is 24.3 Å². The Morgan fingerprint density at radius 1 is 1.25 bits per heavy atom. The molecule has 0 spiro atoms. The maximum absolute atomic E-state index is 11.2. The van der Waals surface area contributed by atoms with Gasteiger partial charge in [0, 0.05) is 12.6 Å². The van der Waals surface area contributed by atoms with Crippen molar-refractivity contribution in [3.05, 3.63) is 41.1 Å². The van der Waals surface area contributed by atoms with Gasteiger partial charge in [-0.15, -0.1) is 0 Å². The SMILES string of the molecule is Cc1nn(C)c(Oc2ccccc2C(C)(C)C)c1C=O. The molecule has 4 nitrogen and oxygen atoms in total. The molecule has 0 amide bonds. The summed E-state index contributed by atoms with van der Waals surface area (Å²) < 4.78 is 7.57. The number of aldehydes is 1. The van der Waals surface area contributed by atoms with Crippen molar-refractivity contribution in [1.82, 2.24) is 9.78 Å². The van der Waals surface area contributed by atoms with Crippen LogP contribution in [0.3, 0.4) is 0 Å². The average Bonchev–Trinajstić information content (AvgIpc) is 2.63. The standard InChI is InChI=1S/C16H20N2O2/c1-11-12(10-19)15(18(5)17-11)20-14-9-7-6-8-13(14)16(2,3)4/h6-10H,1-5H3. The molecule has 2 aromatic rings. The monoisotopic (exact) mass is 272 g/mol. The number of para-hydroxylation sites is 1. The summed E-state index contributed by atoms with van der Waals surface area (Å²) >= 11 is 0. The number of hydrogen-bond acceptors (Lipinski definition) is 3. The first-order valence-corrected chi connectivity index (χ1v) is 6.60. The van der Waals surface area contributed by atoms with Crippen molar-refractivity contribution in [3.8, 4) is 11.6 Å². The van der Waals surface area contributed by atoms with Crippen molar-refractivity contribution in [2.24, 2.45) is 7.05 Å². The van der Waals surface area contributed by atoms with E-state index in [0.717, 1.165) is 17.6 Å². The highest BCUT2D eigenvalue weighted by Gasteiger charge is 2.21. The fourth-order valence-electron chi connectivity index (χ4n) is 2.19. The highest BCUT2D eigenvalue weighted by Crippen LogP contribution is 2.35. The number of rotatable bonds is 3. The third kappa shape index (κ3) is 2.59. The quantitative estimate of drug-likeness (QED) is 0.801. The van der Waals surface area contributed by atoms with E-state index < -0.39 is 0 Å². The fourth-order valence-corrected chi connectivity index (χ4v) is 2.19. The molecular formula is C16H20N2O2. The van der Waals surface area contributed by atoms with Gasteiger partial charge in [-0.25, -0.2) is 4.68 Å². The van der Waals surface area contributed by atoms with Crippen LogP contribution in [0.1, 0.15) is 42.4 Å². The molecule has 0 saturated carbocycles. The lowest BCUT2D eigenvalue weighted by Crippen LogP contribution is -2.12. The molecule has 0 aliphatic carbocycles. The number of nitrogens with zero attached hydrogens (tertiary/aromatic N) is 2. The van der Waals surface area contributed by atoms with Crippen LogP contribution in [0.25, 0.3) is 0 Å². The normalized spacial score (nSPS) is 11.4. The summed E-state index contributed by atoms with van der Waals surface area (Å²) in [5.74, 6) is 1.24. The van der Waals surface area contributed by atoms with Crippen LogP contribution < -0.4 is 4.74 Å². The molecule has 106 valence electrons. The predicted molar refractivity (Wildman–Crippen MR) is 78.5 cm³/mol. The van der Waals surface area contributed by atoms with E-state index in [2.05, 4.69) is 25.9 Å². The Morgan fingerprint density at radius 3 is 2.50 bits per heavy atom. The third-order valence-electron chi connectivity index (χ3n) is 3.23. The molecule has 0 N–H and O–H groups in total. The van der Waals surface area contributed by atoms with Crippen molar-refractivity contribution in [1.29, 1.82) is 0 Å². The average molecular weight is 272 g/mol. The van der Waals surface area contributed by atoms with Crippen LogP contribution in [0.15, 0.2) is 24.3 Å². The van der Waals surface area contributed by atoms with Gasteiger partial charge in [0.1, 0.15) is 5.75 Å². The molecule has 0 fully saturated rings. The van der Waals surface area contributed by atoms with E-state index in [1.54, 1.807) is 18.7 Å². The van der Waals surface area contributed by atoms with Gasteiger partial charge in [0.15, 0.2) is 6.29 Å². The number of aromatic nitrogens is 2. The van der Waals surface area contributed by atoms with E-state index in [9.17, 15) is 4.79 Å². The van der Waals surface area contributed by atoms with Crippen molar-refractivity contribution in [2.45, 2.75) is 33.1 Å². The smallest absolute Gasteiger partial charge is 0.228 e. The van der Waals surface area contributed by atoms with Gasteiger partial charge in [-0.1, -0.05) is 39.0 Å². The maximum Gasteiger partial charge on any atom is 0.228 e. The van der Waals surface area contributed by atoms with Gasteiger partial charge in [-0.3, -0.25) is 4.79 Å². The maximum atomic E-state index is 11.2. The van der Waals surface area contributed by atoms with E-state index in [4.69, 9.17) is 4.74 Å². The molecule has 1 heterocycles. The highest BCUT2D eigenvalue weighted by molar-refractivity contribution is 5.80. The van der Waals surface area contributed by atoms with Crippen LogP contribution in [-0.4, -0.2) is 16.1 Å². The van der Waals surface area contributed by atoms with E-state index in [1.165, 1.54) is 0 Å². The van der Waals surface area contributed by atoms with Crippen molar-refractivity contribution in [2.75, 3.05) is 0 Å². The number of carbonyl (C=O) groups is 1. The van der Waals surface area contributed by atoms with Gasteiger partial charge in [-0.2, -0.15) is 5.10 Å². The van der Waals surface area contributed by atoms with Gasteiger partial charge in [0.25, 0.3) is 0 Å². The highest BCUT2D eigenvalue weighted by atomic mass is 16.5. The van der Waals surface area contributed by atoms with E-state index in [0.29, 0.717) is 17.1 Å². The molecule has 0 atom stereocenters. The van der Waals surface area contributed by atoms with Crippen molar-refractivity contribution >= 4 is 6.29 Å². The Kier molecular flexibility index (Phi) is 3.66. The first-order valence-electron chi connectivity index (χ1n) is 6.60. The van der Waals surface area contributed by atoms with Crippen LogP contribution in [0.2, 0.25) is 0 Å². The Hall–Kier alpha value is -2.10. The molecule has 0 saturated heterocycles. The second-order valence-corrected chi connectivity index (χ2v) is 5.89. The Labute approximate surface area is 119 Å². The molecule has 0 bridgehead atoms. The number of benzene rings is 1. The lowest BCUT2D eigenvalue weighted by atomic mass is 9.86. The Morgan fingerprint density at radius 2 is 1.90 bits per heavy atom. The second-order valence-electron chi connectivity index (χ2n) is 5.89. The molecule has 0 unspecified atom stereocenters. The zero-order chi connectivity index (χ0) is 14.9. The van der Waals surface area contributed by atoms with Crippen LogP contribution in [-0.2, 0) is 12.5 Å². The zero-order valence-electron chi connectivity index (χ0n) is 12.6. The lowest BCUT2D eigenvalue weighted by molar-refractivity contribution is 0.112. The first-order chi connectivity index (χ1) is 9.34. The summed E-state index contributed by atoms with van der Waals surface area (Å²) in [7, 11) is 1.77. The molecule has 0 aliphatic heterocycles. The lowest BCUT2D eigenvalue weighted by Gasteiger charge is -2.22. The van der Waals surface area contributed by atoms with Gasteiger partial charge < -0.3 is 4.74 Å². The largest absolute Gasteiger partial charge is 0.438 e. The first kappa shape index (κ1) is 14.3. The third-order valence-corrected chi connectivity index (χ3v) is 3.23. The van der Waals surface area contributed by atoms with Crippen LogP contribution in [0.5, 0.6) is 11.6 Å². The van der Waals surface area contributed by atoms with Gasteiger partial charge >= 0.3 is 0 Å². The number of aryl methyl sites for hydroxylation is 2. The molecule has 2 rings (SSSR count). The second kappa shape index (κ2) is 5.12. The number of ether oxygens (including phenoxy) is 1. The Bertz CT molecular complexity index is 636. The molecule has 4 heteroatoms. The van der Waals surface area contributed by atoms with Crippen molar-refractivity contribution < 1.29 is 9.53 Å². The summed E-state index contributed by atoms with van der Waals surface area (Å²) in [6.07, 6.45) is 0.789. The molecule has 0 radical (unpaired) electrons.